The number of hydrogen-bond acceptors (Lipinski definition) is 4. The predicted octanol–water partition coefficient (Wildman–Crippen LogP) is 5.62. The van der Waals surface area contributed by atoms with E-state index in [9.17, 15) is 8.42 Å². The first-order valence-electron chi connectivity index (χ1n) is 9.36. The molecule has 0 bridgehead atoms. The summed E-state index contributed by atoms with van der Waals surface area (Å²) >= 11 is 6.01. The third kappa shape index (κ3) is 5.60. The van der Waals surface area contributed by atoms with Crippen molar-refractivity contribution in [3.63, 3.8) is 0 Å². The Hall–Kier alpha value is -2.34. The van der Waals surface area contributed by atoms with E-state index in [1.54, 1.807) is 24.3 Å². The quantitative estimate of drug-likeness (QED) is 0.436. The molecule has 0 aromatic heterocycles. The predicted molar refractivity (Wildman–Crippen MR) is 118 cm³/mol. The third-order valence-electron chi connectivity index (χ3n) is 4.83. The van der Waals surface area contributed by atoms with Crippen LogP contribution in [0.25, 0.3) is 0 Å². The van der Waals surface area contributed by atoms with Gasteiger partial charge in [0.25, 0.3) is 10.1 Å². The molecule has 4 nitrogen and oxygen atoms in total. The van der Waals surface area contributed by atoms with Gasteiger partial charge in [0.2, 0.25) is 0 Å². The summed E-state index contributed by atoms with van der Waals surface area (Å²) in [6.45, 7) is 1.99. The SMILES string of the molecule is Cc1ccc(S(=O)(=O)OCCC(c2ccccc2)N(C)c2ccc(Cl)cc2)cc1. The summed E-state index contributed by atoms with van der Waals surface area (Å²) in [5.74, 6) is 0. The molecule has 0 spiro atoms. The van der Waals surface area contributed by atoms with Gasteiger partial charge in [-0.3, -0.25) is 4.18 Å². The van der Waals surface area contributed by atoms with Crippen LogP contribution in [0.3, 0.4) is 0 Å². The second kappa shape index (κ2) is 9.44. The first-order chi connectivity index (χ1) is 13.9. The summed E-state index contributed by atoms with van der Waals surface area (Å²) < 4.78 is 30.3. The van der Waals surface area contributed by atoms with Crippen molar-refractivity contribution in [1.29, 1.82) is 0 Å². The Morgan fingerprint density at radius 2 is 1.55 bits per heavy atom. The normalized spacial score (nSPS) is 12.5. The van der Waals surface area contributed by atoms with Gasteiger partial charge in [-0.2, -0.15) is 8.42 Å². The van der Waals surface area contributed by atoms with Crippen LogP contribution in [0.1, 0.15) is 23.6 Å². The average molecular weight is 430 g/mol. The third-order valence-corrected chi connectivity index (χ3v) is 6.40. The van der Waals surface area contributed by atoms with E-state index in [0.717, 1.165) is 16.8 Å². The van der Waals surface area contributed by atoms with Crippen molar-refractivity contribution in [2.45, 2.75) is 24.3 Å². The maximum absolute atomic E-state index is 12.5. The summed E-state index contributed by atoms with van der Waals surface area (Å²) in [5.41, 5.74) is 3.07. The Labute approximate surface area is 177 Å². The van der Waals surface area contributed by atoms with E-state index in [-0.39, 0.29) is 17.5 Å². The van der Waals surface area contributed by atoms with E-state index >= 15 is 0 Å². The average Bonchev–Trinajstić information content (AvgIpc) is 2.72. The number of rotatable bonds is 8. The molecular weight excluding hydrogens is 406 g/mol. The molecule has 1 unspecified atom stereocenters. The molecule has 0 heterocycles. The maximum Gasteiger partial charge on any atom is 0.296 e. The van der Waals surface area contributed by atoms with Gasteiger partial charge in [0.1, 0.15) is 0 Å². The van der Waals surface area contributed by atoms with E-state index in [4.69, 9.17) is 15.8 Å². The van der Waals surface area contributed by atoms with Gasteiger partial charge in [-0.15, -0.1) is 0 Å². The zero-order chi connectivity index (χ0) is 20.9. The monoisotopic (exact) mass is 429 g/mol. The first-order valence-corrected chi connectivity index (χ1v) is 11.1. The summed E-state index contributed by atoms with van der Waals surface area (Å²) in [6, 6.07) is 24.2. The molecule has 6 heteroatoms. The Balaban J connectivity index is 1.75. The summed E-state index contributed by atoms with van der Waals surface area (Å²) in [6.07, 6.45) is 0.508. The van der Waals surface area contributed by atoms with Crippen molar-refractivity contribution in [2.24, 2.45) is 0 Å². The van der Waals surface area contributed by atoms with Crippen LogP contribution in [0, 0.1) is 6.92 Å². The molecule has 0 radical (unpaired) electrons. The molecule has 3 aromatic rings. The number of benzene rings is 3. The number of hydrogen-bond donors (Lipinski definition) is 0. The fourth-order valence-corrected chi connectivity index (χ4v) is 4.20. The lowest BCUT2D eigenvalue weighted by molar-refractivity contribution is 0.299. The molecule has 0 amide bonds. The molecule has 0 aliphatic heterocycles. The molecule has 3 aromatic carbocycles. The van der Waals surface area contributed by atoms with Crippen LogP contribution in [0.15, 0.2) is 83.8 Å². The van der Waals surface area contributed by atoms with Crippen molar-refractivity contribution in [3.05, 3.63) is 95.0 Å². The summed E-state index contributed by atoms with van der Waals surface area (Å²) in [7, 11) is -1.81. The first kappa shape index (κ1) is 21.4. The number of aryl methyl sites for hydroxylation is 1. The molecule has 0 fully saturated rings. The Bertz CT molecular complexity index is 1020. The summed E-state index contributed by atoms with van der Waals surface area (Å²) in [4.78, 5) is 2.28. The molecule has 0 N–H and O–H groups in total. The molecule has 0 saturated heterocycles. The fraction of sp³-hybridized carbons (Fsp3) is 0.217. The van der Waals surface area contributed by atoms with E-state index in [2.05, 4.69) is 4.90 Å². The largest absolute Gasteiger partial charge is 0.367 e. The van der Waals surface area contributed by atoms with Crippen LogP contribution < -0.4 is 4.90 Å². The lowest BCUT2D eigenvalue weighted by Crippen LogP contribution is -2.26. The highest BCUT2D eigenvalue weighted by Crippen LogP contribution is 2.29. The number of nitrogens with zero attached hydrogens (tertiary/aromatic N) is 1. The number of anilines is 1. The van der Waals surface area contributed by atoms with Crippen LogP contribution >= 0.6 is 11.6 Å². The minimum atomic E-state index is -3.79. The van der Waals surface area contributed by atoms with Crippen molar-refractivity contribution in [2.75, 3.05) is 18.6 Å². The van der Waals surface area contributed by atoms with Gasteiger partial charge < -0.3 is 4.90 Å². The molecular formula is C23H24ClNO3S. The van der Waals surface area contributed by atoms with Crippen LogP contribution in [0.2, 0.25) is 5.02 Å². The molecule has 152 valence electrons. The molecule has 0 aliphatic rings. The van der Waals surface area contributed by atoms with Crippen LogP contribution in [0.5, 0.6) is 0 Å². The second-order valence-electron chi connectivity index (χ2n) is 6.89. The van der Waals surface area contributed by atoms with E-state index in [0.29, 0.717) is 11.4 Å². The van der Waals surface area contributed by atoms with Crippen molar-refractivity contribution in [1.82, 2.24) is 0 Å². The van der Waals surface area contributed by atoms with Gasteiger partial charge >= 0.3 is 0 Å². The van der Waals surface area contributed by atoms with E-state index in [1.165, 1.54) is 0 Å². The van der Waals surface area contributed by atoms with Crippen LogP contribution in [-0.4, -0.2) is 22.1 Å². The van der Waals surface area contributed by atoms with Gasteiger partial charge in [-0.25, -0.2) is 0 Å². The molecule has 29 heavy (non-hydrogen) atoms. The summed E-state index contributed by atoms with van der Waals surface area (Å²) in [5, 5.41) is 0.672. The van der Waals surface area contributed by atoms with Gasteiger partial charge in [0, 0.05) is 17.8 Å². The van der Waals surface area contributed by atoms with Crippen molar-refractivity contribution < 1.29 is 12.6 Å². The molecule has 3 rings (SSSR count). The smallest absolute Gasteiger partial charge is 0.296 e. The zero-order valence-corrected chi connectivity index (χ0v) is 18.0. The van der Waals surface area contributed by atoms with E-state index in [1.807, 2.05) is 68.6 Å². The lowest BCUT2D eigenvalue weighted by atomic mass is 10.0. The minimum Gasteiger partial charge on any atom is -0.367 e. The zero-order valence-electron chi connectivity index (χ0n) is 16.5. The topological polar surface area (TPSA) is 46.6 Å². The molecule has 0 saturated carbocycles. The lowest BCUT2D eigenvalue weighted by Gasteiger charge is -2.30. The van der Waals surface area contributed by atoms with Gasteiger partial charge in [0.15, 0.2) is 0 Å². The Kier molecular flexibility index (Phi) is 6.96. The van der Waals surface area contributed by atoms with Crippen molar-refractivity contribution >= 4 is 27.4 Å². The highest BCUT2D eigenvalue weighted by molar-refractivity contribution is 7.86. The second-order valence-corrected chi connectivity index (χ2v) is 8.94. The Morgan fingerprint density at radius 1 is 0.931 bits per heavy atom. The standard InChI is InChI=1S/C23H24ClNO3S/c1-18-8-14-22(15-9-18)29(26,27)28-17-16-23(19-6-4-3-5-7-19)25(2)21-12-10-20(24)11-13-21/h3-15,23H,16-17H2,1-2H3. The maximum atomic E-state index is 12.5. The van der Waals surface area contributed by atoms with Crippen LogP contribution in [0.4, 0.5) is 5.69 Å². The Morgan fingerprint density at radius 3 is 2.17 bits per heavy atom. The van der Waals surface area contributed by atoms with Gasteiger partial charge in [0.05, 0.1) is 17.5 Å². The highest BCUT2D eigenvalue weighted by atomic mass is 35.5. The van der Waals surface area contributed by atoms with Gasteiger partial charge in [-0.05, 0) is 55.3 Å². The minimum absolute atomic E-state index is 0.0504. The van der Waals surface area contributed by atoms with Gasteiger partial charge in [-0.1, -0.05) is 59.6 Å². The molecule has 1 atom stereocenters. The number of halogens is 1. The molecule has 0 aliphatic carbocycles. The highest BCUT2D eigenvalue weighted by Gasteiger charge is 2.20. The van der Waals surface area contributed by atoms with Crippen LogP contribution in [-0.2, 0) is 14.3 Å². The van der Waals surface area contributed by atoms with Crippen molar-refractivity contribution in [3.8, 4) is 0 Å². The fourth-order valence-electron chi connectivity index (χ4n) is 3.16. The van der Waals surface area contributed by atoms with E-state index < -0.39 is 10.1 Å².